The van der Waals surface area contributed by atoms with Gasteiger partial charge in [0.25, 0.3) is 0 Å². The molecule has 16 heteroatoms. The topological polar surface area (TPSA) is 282 Å². The van der Waals surface area contributed by atoms with Crippen LogP contribution in [0.25, 0.3) is 0 Å². The quantitative estimate of drug-likeness (QED) is 0.168. The maximum absolute atomic E-state index is 12.5. The number of aliphatic hydroxyl groups is 10. The highest BCUT2D eigenvalue weighted by molar-refractivity contribution is 5.70. The molecule has 0 saturated carbocycles. The first-order valence-corrected chi connectivity index (χ1v) is 22.9. The molecule has 0 spiro atoms. The van der Waals surface area contributed by atoms with E-state index < -0.39 is 97.0 Å². The number of cyclic esters (lactones) is 1. The third-order valence-corrected chi connectivity index (χ3v) is 12.4. The van der Waals surface area contributed by atoms with Gasteiger partial charge >= 0.3 is 5.97 Å². The summed E-state index contributed by atoms with van der Waals surface area (Å²) < 4.78 is 22.3. The van der Waals surface area contributed by atoms with Gasteiger partial charge in [-0.3, -0.25) is 4.79 Å². The Balaban J connectivity index is 0.00000114. The third-order valence-electron chi connectivity index (χ3n) is 12.4. The Morgan fingerprint density at radius 2 is 1.08 bits per heavy atom. The number of carbonyl (C=O) groups is 1. The molecule has 3 aliphatic heterocycles. The van der Waals surface area contributed by atoms with Crippen LogP contribution in [0.15, 0.2) is 85.1 Å². The summed E-state index contributed by atoms with van der Waals surface area (Å²) in [5.41, 5.74) is 5.52. The predicted molar refractivity (Wildman–Crippen MR) is 247 cm³/mol. The minimum Gasteiger partial charge on any atom is -0.462 e. The summed E-state index contributed by atoms with van der Waals surface area (Å²) in [5.74, 6) is -3.58. The van der Waals surface area contributed by atoms with E-state index in [1.165, 1.54) is 0 Å². The van der Waals surface area contributed by atoms with Crippen LogP contribution in [0.5, 0.6) is 0 Å². The van der Waals surface area contributed by atoms with E-state index in [0.29, 0.717) is 6.42 Å². The van der Waals surface area contributed by atoms with Crippen molar-refractivity contribution in [2.75, 3.05) is 7.11 Å². The first-order chi connectivity index (χ1) is 30.6. The largest absolute Gasteiger partial charge is 0.462 e. The molecule has 2 saturated heterocycles. The lowest BCUT2D eigenvalue weighted by Crippen LogP contribution is -2.59. The van der Waals surface area contributed by atoms with Gasteiger partial charge in [0, 0.05) is 44.1 Å². The zero-order valence-electron chi connectivity index (χ0n) is 39.2. The zero-order chi connectivity index (χ0) is 48.9. The molecule has 0 aliphatic carbocycles. The molecular weight excluding hydrogens is 843 g/mol. The van der Waals surface area contributed by atoms with E-state index in [1.807, 2.05) is 98.9 Å². The molecule has 0 aromatic heterocycles. The van der Waals surface area contributed by atoms with E-state index in [-0.39, 0.29) is 69.0 Å². The van der Waals surface area contributed by atoms with E-state index in [9.17, 15) is 55.9 Å². The fraction of sp³-hybridized carbons (Fsp3) is 0.694. The third kappa shape index (κ3) is 21.3. The molecule has 0 aromatic rings. The number of allylic oxidation sites excluding steroid dienone is 12. The monoisotopic (exact) mass is 924 g/mol. The number of hydrogen-bond donors (Lipinski definition) is 11. The van der Waals surface area contributed by atoms with Crippen LogP contribution < -0.4 is 5.73 Å². The number of ether oxygens (including phenoxy) is 4. The van der Waals surface area contributed by atoms with E-state index in [0.717, 1.165) is 0 Å². The number of hydrogen-bond acceptors (Lipinski definition) is 16. The van der Waals surface area contributed by atoms with Crippen molar-refractivity contribution in [3.8, 4) is 0 Å². The molecule has 18 atom stereocenters. The van der Waals surface area contributed by atoms with E-state index in [4.69, 9.17) is 24.7 Å². The number of aliphatic hydroxyl groups excluding tert-OH is 9. The maximum atomic E-state index is 12.5. The summed E-state index contributed by atoms with van der Waals surface area (Å²) >= 11 is 0. The molecular formula is C49H81NO15. The van der Waals surface area contributed by atoms with Crippen molar-refractivity contribution in [2.24, 2.45) is 23.5 Å². The number of methoxy groups -OCH3 is 1. The molecule has 12 N–H and O–H groups in total. The second-order valence-electron chi connectivity index (χ2n) is 18.0. The number of nitrogens with two attached hydrogens (primary N) is 1. The van der Waals surface area contributed by atoms with Gasteiger partial charge in [-0.15, -0.1) is 0 Å². The molecule has 16 nitrogen and oxygen atoms in total. The summed E-state index contributed by atoms with van der Waals surface area (Å²) in [6.45, 7) is 10.6. The second kappa shape index (κ2) is 29.8. The SMILES string of the molecule is CC1OC(C)C(O)C(N)C1O.CO[C@H]1/C=C/C=C/C=C/C=C/C=C/C=C/C=C/[C@H](C)[C@@H](O)[C@@H](C)[C@H](C)OC(=O)C[C@H](O)C[C@H](O)C[C@H](O)CC[C@@H](O)[C@H](O)C[C@]2(O)C[C@H](O)[C@@H](C)C(C1)O2. The van der Waals surface area contributed by atoms with E-state index >= 15 is 0 Å². The molecule has 0 radical (unpaired) electrons. The minimum absolute atomic E-state index is 0.00351. The minimum atomic E-state index is -1.92. The van der Waals surface area contributed by atoms with Crippen LogP contribution in [-0.2, 0) is 23.7 Å². The molecule has 65 heavy (non-hydrogen) atoms. The van der Waals surface area contributed by atoms with Crippen LogP contribution in [0.1, 0.15) is 92.9 Å². The highest BCUT2D eigenvalue weighted by atomic mass is 16.6. The molecule has 0 amide bonds. The molecule has 3 aliphatic rings. The molecule has 372 valence electrons. The molecule has 0 aromatic carbocycles. The van der Waals surface area contributed by atoms with E-state index in [1.54, 1.807) is 34.8 Å². The van der Waals surface area contributed by atoms with Crippen LogP contribution in [0.4, 0.5) is 0 Å². The average Bonchev–Trinajstić information content (AvgIpc) is 3.24. The molecule has 3 heterocycles. The Morgan fingerprint density at radius 1 is 0.585 bits per heavy atom. The number of fused-ring (bicyclic) bond motifs is 2. The van der Waals surface area contributed by atoms with Gasteiger partial charge in [-0.1, -0.05) is 106 Å². The van der Waals surface area contributed by atoms with Crippen molar-refractivity contribution < 1.29 is 74.8 Å². The lowest BCUT2D eigenvalue weighted by molar-refractivity contribution is -0.302. The number of esters is 1. The van der Waals surface area contributed by atoms with Crippen molar-refractivity contribution in [3.05, 3.63) is 85.1 Å². The summed E-state index contributed by atoms with van der Waals surface area (Å²) in [5, 5.41) is 104. The zero-order valence-corrected chi connectivity index (χ0v) is 39.2. The molecule has 3 rings (SSSR count). The summed E-state index contributed by atoms with van der Waals surface area (Å²) in [6.07, 6.45) is 13.2. The fourth-order valence-electron chi connectivity index (χ4n) is 7.84. The van der Waals surface area contributed by atoms with Crippen molar-refractivity contribution in [1.82, 2.24) is 0 Å². The van der Waals surface area contributed by atoms with Gasteiger partial charge in [0.15, 0.2) is 5.79 Å². The highest BCUT2D eigenvalue weighted by Gasteiger charge is 2.46. The molecule has 5 unspecified atom stereocenters. The lowest BCUT2D eigenvalue weighted by atomic mass is 9.83. The van der Waals surface area contributed by atoms with Crippen LogP contribution in [0.2, 0.25) is 0 Å². The van der Waals surface area contributed by atoms with E-state index in [2.05, 4.69) is 0 Å². The van der Waals surface area contributed by atoms with Gasteiger partial charge in [0.05, 0.1) is 91.8 Å². The van der Waals surface area contributed by atoms with Gasteiger partial charge in [-0.2, -0.15) is 0 Å². The van der Waals surface area contributed by atoms with Crippen LogP contribution in [0, 0.1) is 17.8 Å². The normalized spacial score (nSPS) is 45.3. The Hall–Kier alpha value is -2.91. The smallest absolute Gasteiger partial charge is 0.308 e. The number of carbonyl (C=O) groups excluding carboxylic acids is 1. The Labute approximate surface area is 385 Å². The van der Waals surface area contributed by atoms with Crippen molar-refractivity contribution in [2.45, 2.75) is 190 Å². The van der Waals surface area contributed by atoms with Crippen molar-refractivity contribution >= 4 is 5.97 Å². The van der Waals surface area contributed by atoms with Gasteiger partial charge in [-0.05, 0) is 46.5 Å². The lowest BCUT2D eigenvalue weighted by Gasteiger charge is -2.45. The summed E-state index contributed by atoms with van der Waals surface area (Å²) in [4.78, 5) is 12.5. The number of rotatable bonds is 1. The molecule has 2 bridgehead atoms. The standard InChI is InChI=1S/C42H66O12.C7H15NO3/c1-28-18-16-14-12-10-8-6-7-9-11-13-15-17-19-35(52-5)25-39-30(3)37(47)26-42(51,54-39)27-38(48)36(46)21-20-32(43)22-33(44)23-34(45)24-40(49)53-31(4)29(2)41(28)50;1-3-6(9)5(8)7(10)4(2)11-3/h6-19,28-39,41,43-48,50-51H,20-27H2,1-5H3;3-7,9-10H,8H2,1-2H3/b7-6+,10-8+,11-9+,14-12+,15-13+,18-16+,19-17+;/t28-,29-,30+,31-,32+,33+,34+,35-,36+,37-,38+,39?,41+,42-;/m0./s1. The first-order valence-electron chi connectivity index (χ1n) is 22.9. The maximum Gasteiger partial charge on any atom is 0.308 e. The van der Waals surface area contributed by atoms with Crippen molar-refractivity contribution in [3.63, 3.8) is 0 Å². The Kier molecular flexibility index (Phi) is 26.7. The summed E-state index contributed by atoms with van der Waals surface area (Å²) in [7, 11) is 1.55. The van der Waals surface area contributed by atoms with Crippen LogP contribution >= 0.6 is 0 Å². The fourth-order valence-corrected chi connectivity index (χ4v) is 7.84. The highest BCUT2D eigenvalue weighted by Crippen LogP contribution is 2.37. The van der Waals surface area contributed by atoms with Gasteiger partial charge < -0.3 is 75.7 Å². The van der Waals surface area contributed by atoms with Crippen molar-refractivity contribution in [1.29, 1.82) is 0 Å². The van der Waals surface area contributed by atoms with Crippen LogP contribution in [0.3, 0.4) is 0 Å². The van der Waals surface area contributed by atoms with Gasteiger partial charge in [-0.25, -0.2) is 0 Å². The Morgan fingerprint density at radius 3 is 1.62 bits per heavy atom. The molecule has 2 fully saturated rings. The van der Waals surface area contributed by atoms with Crippen LogP contribution in [-0.4, -0.2) is 161 Å². The first kappa shape index (κ1) is 58.2. The predicted octanol–water partition coefficient (Wildman–Crippen LogP) is 2.33. The summed E-state index contributed by atoms with van der Waals surface area (Å²) in [6, 6.07) is -0.589. The second-order valence-corrected chi connectivity index (χ2v) is 18.0. The Bertz CT molecular complexity index is 1550. The average molecular weight is 924 g/mol. The van der Waals surface area contributed by atoms with Gasteiger partial charge in [0.1, 0.15) is 6.10 Å². The van der Waals surface area contributed by atoms with Gasteiger partial charge in [0.2, 0.25) is 0 Å².